The van der Waals surface area contributed by atoms with Gasteiger partial charge >= 0.3 is 6.01 Å². The monoisotopic (exact) mass is 299 g/mol. The molecule has 0 bridgehead atoms. The molecule has 2 aromatic heterocycles. The number of aromatic nitrogens is 4. The summed E-state index contributed by atoms with van der Waals surface area (Å²) in [6, 6.07) is 9.86. The Hall–Kier alpha value is -2.65. The van der Waals surface area contributed by atoms with Crippen molar-refractivity contribution in [1.29, 1.82) is 5.26 Å². The van der Waals surface area contributed by atoms with Crippen LogP contribution in [-0.2, 0) is 6.42 Å². The Balaban J connectivity index is 2.33. The summed E-state index contributed by atoms with van der Waals surface area (Å²) in [6.07, 6.45) is 1.62. The van der Waals surface area contributed by atoms with E-state index in [1.165, 1.54) is 13.3 Å². The molecule has 0 aliphatic carbocycles. The van der Waals surface area contributed by atoms with Gasteiger partial charge in [0.05, 0.1) is 36.8 Å². The molecule has 0 saturated carbocycles. The van der Waals surface area contributed by atoms with Gasteiger partial charge in [0, 0.05) is 0 Å². The van der Waals surface area contributed by atoms with E-state index in [4.69, 9.17) is 21.6 Å². The fourth-order valence-corrected chi connectivity index (χ4v) is 2.27. The average molecular weight is 300 g/mol. The Bertz CT molecular complexity index is 852. The molecule has 0 atom stereocenters. The number of nitrogens with zero attached hydrogens (tertiary/aromatic N) is 5. The lowest BCUT2D eigenvalue weighted by atomic mass is 10.3. The largest absolute Gasteiger partial charge is 0.467 e. The van der Waals surface area contributed by atoms with Gasteiger partial charge in [0.1, 0.15) is 10.8 Å². The quantitative estimate of drug-likeness (QED) is 0.743. The Morgan fingerprint density at radius 1 is 1.33 bits per heavy atom. The normalized spacial score (nSPS) is 10.5. The van der Waals surface area contributed by atoms with Crippen LogP contribution in [0.15, 0.2) is 30.5 Å². The van der Waals surface area contributed by atoms with E-state index >= 15 is 0 Å². The van der Waals surface area contributed by atoms with Crippen molar-refractivity contribution >= 4 is 22.6 Å². The molecule has 3 rings (SSSR count). The number of fused-ring (bicyclic) bond motifs is 1. The number of para-hydroxylation sites is 2. The molecular formula is C14H10ClN5O. The van der Waals surface area contributed by atoms with Crippen molar-refractivity contribution < 1.29 is 4.74 Å². The molecule has 21 heavy (non-hydrogen) atoms. The second-order valence-electron chi connectivity index (χ2n) is 4.22. The van der Waals surface area contributed by atoms with Crippen molar-refractivity contribution in [2.75, 3.05) is 7.11 Å². The number of nitriles is 1. The van der Waals surface area contributed by atoms with Crippen molar-refractivity contribution in [3.63, 3.8) is 0 Å². The van der Waals surface area contributed by atoms with E-state index in [2.05, 4.69) is 21.0 Å². The highest BCUT2D eigenvalue weighted by Crippen LogP contribution is 2.26. The van der Waals surface area contributed by atoms with Gasteiger partial charge in [-0.1, -0.05) is 23.7 Å². The van der Waals surface area contributed by atoms with E-state index in [1.807, 2.05) is 24.3 Å². The van der Waals surface area contributed by atoms with Crippen molar-refractivity contribution in [3.8, 4) is 17.9 Å². The van der Waals surface area contributed by atoms with Gasteiger partial charge in [0.15, 0.2) is 5.82 Å². The number of ether oxygens (including phenoxy) is 1. The number of hydrogen-bond acceptors (Lipinski definition) is 5. The van der Waals surface area contributed by atoms with Crippen LogP contribution in [0.2, 0.25) is 5.02 Å². The fourth-order valence-electron chi connectivity index (χ4n) is 2.10. The third-order valence-corrected chi connectivity index (χ3v) is 3.23. The summed E-state index contributed by atoms with van der Waals surface area (Å²) in [6.45, 7) is 0. The lowest BCUT2D eigenvalue weighted by molar-refractivity contribution is 0.379. The first-order valence-electron chi connectivity index (χ1n) is 6.15. The predicted octanol–water partition coefficient (Wildman–Crippen LogP) is 2.54. The van der Waals surface area contributed by atoms with Crippen LogP contribution in [0.25, 0.3) is 16.9 Å². The van der Waals surface area contributed by atoms with Gasteiger partial charge < -0.3 is 4.74 Å². The minimum Gasteiger partial charge on any atom is -0.467 e. The highest BCUT2D eigenvalue weighted by Gasteiger charge is 2.16. The van der Waals surface area contributed by atoms with E-state index in [1.54, 1.807) is 4.57 Å². The third kappa shape index (κ3) is 2.28. The lowest BCUT2D eigenvalue weighted by Crippen LogP contribution is -2.05. The first kappa shape index (κ1) is 13.3. The molecule has 0 spiro atoms. The van der Waals surface area contributed by atoms with Gasteiger partial charge in [-0.25, -0.2) is 9.97 Å². The molecule has 0 amide bonds. The zero-order valence-corrected chi connectivity index (χ0v) is 11.9. The predicted molar refractivity (Wildman–Crippen MR) is 77.5 cm³/mol. The highest BCUT2D eigenvalue weighted by molar-refractivity contribution is 6.32. The van der Waals surface area contributed by atoms with Crippen LogP contribution in [-0.4, -0.2) is 26.6 Å². The molecule has 3 aromatic rings. The lowest BCUT2D eigenvalue weighted by Gasteiger charge is -2.09. The van der Waals surface area contributed by atoms with E-state index < -0.39 is 0 Å². The number of imidazole rings is 1. The second-order valence-corrected chi connectivity index (χ2v) is 4.62. The summed E-state index contributed by atoms with van der Waals surface area (Å²) in [4.78, 5) is 12.7. The fraction of sp³-hybridized carbons (Fsp3) is 0.143. The molecule has 0 N–H and O–H groups in total. The Labute approximate surface area is 125 Å². The van der Waals surface area contributed by atoms with Crippen LogP contribution in [0, 0.1) is 11.3 Å². The summed E-state index contributed by atoms with van der Waals surface area (Å²) in [7, 11) is 1.48. The zero-order valence-electron chi connectivity index (χ0n) is 11.1. The van der Waals surface area contributed by atoms with E-state index in [0.717, 1.165) is 11.0 Å². The average Bonchev–Trinajstić information content (AvgIpc) is 2.86. The molecule has 2 heterocycles. The van der Waals surface area contributed by atoms with E-state index in [-0.39, 0.29) is 12.4 Å². The maximum atomic E-state index is 8.99. The van der Waals surface area contributed by atoms with Crippen LogP contribution in [0.3, 0.4) is 0 Å². The minimum atomic E-state index is 0.150. The van der Waals surface area contributed by atoms with Crippen LogP contribution >= 0.6 is 11.6 Å². The molecule has 7 heteroatoms. The van der Waals surface area contributed by atoms with Crippen LogP contribution < -0.4 is 4.74 Å². The minimum absolute atomic E-state index is 0.150. The van der Waals surface area contributed by atoms with Gasteiger partial charge in [-0.2, -0.15) is 10.2 Å². The molecule has 104 valence electrons. The van der Waals surface area contributed by atoms with Gasteiger partial charge in [0.25, 0.3) is 0 Å². The standard InChI is InChI=1S/C14H10ClN5O/c1-21-14-17-8-9(15)13(19-14)20-11-5-3-2-4-10(11)18-12(20)6-7-16/h2-5,8H,6H2,1H3. The van der Waals surface area contributed by atoms with Crippen LogP contribution in [0.1, 0.15) is 5.82 Å². The smallest absolute Gasteiger partial charge is 0.318 e. The second kappa shape index (κ2) is 5.38. The summed E-state index contributed by atoms with van der Waals surface area (Å²) in [5, 5.41) is 9.35. The van der Waals surface area contributed by atoms with Crippen molar-refractivity contribution in [2.24, 2.45) is 0 Å². The van der Waals surface area contributed by atoms with Gasteiger partial charge in [-0.05, 0) is 12.1 Å². The van der Waals surface area contributed by atoms with Crippen molar-refractivity contribution in [1.82, 2.24) is 19.5 Å². The maximum absolute atomic E-state index is 8.99. The Morgan fingerprint density at radius 2 is 2.14 bits per heavy atom. The summed E-state index contributed by atoms with van der Waals surface area (Å²) in [5.74, 6) is 1.02. The Kier molecular flexibility index (Phi) is 3.42. The SMILES string of the molecule is COc1ncc(Cl)c(-n2c(CC#N)nc3ccccc32)n1. The van der Waals surface area contributed by atoms with Crippen molar-refractivity contribution in [3.05, 3.63) is 41.3 Å². The molecule has 0 fully saturated rings. The summed E-state index contributed by atoms with van der Waals surface area (Å²) < 4.78 is 6.80. The number of methoxy groups -OCH3 is 1. The van der Waals surface area contributed by atoms with Gasteiger partial charge in [0.2, 0.25) is 0 Å². The van der Waals surface area contributed by atoms with Crippen LogP contribution in [0.5, 0.6) is 6.01 Å². The van der Waals surface area contributed by atoms with Gasteiger partial charge in [-0.15, -0.1) is 0 Å². The molecule has 0 radical (unpaired) electrons. The molecule has 0 aliphatic heterocycles. The molecule has 1 aromatic carbocycles. The zero-order chi connectivity index (χ0) is 14.8. The number of hydrogen-bond donors (Lipinski definition) is 0. The number of halogens is 1. The van der Waals surface area contributed by atoms with E-state index in [0.29, 0.717) is 16.7 Å². The number of rotatable bonds is 3. The molecule has 0 aliphatic rings. The molecule has 0 saturated heterocycles. The Morgan fingerprint density at radius 3 is 2.90 bits per heavy atom. The molecular weight excluding hydrogens is 290 g/mol. The molecule has 6 nitrogen and oxygen atoms in total. The summed E-state index contributed by atoms with van der Waals surface area (Å²) >= 11 is 6.21. The summed E-state index contributed by atoms with van der Waals surface area (Å²) in [5.41, 5.74) is 1.60. The van der Waals surface area contributed by atoms with E-state index in [9.17, 15) is 0 Å². The van der Waals surface area contributed by atoms with Crippen LogP contribution in [0.4, 0.5) is 0 Å². The molecule has 0 unspecified atom stereocenters. The highest BCUT2D eigenvalue weighted by atomic mass is 35.5. The van der Waals surface area contributed by atoms with Gasteiger partial charge in [-0.3, -0.25) is 4.57 Å². The first-order valence-corrected chi connectivity index (χ1v) is 6.52. The maximum Gasteiger partial charge on any atom is 0.318 e. The third-order valence-electron chi connectivity index (χ3n) is 2.97. The topological polar surface area (TPSA) is 76.6 Å². The van der Waals surface area contributed by atoms with Crippen molar-refractivity contribution in [2.45, 2.75) is 6.42 Å². The first-order chi connectivity index (χ1) is 10.2. The number of benzene rings is 1.